The van der Waals surface area contributed by atoms with Gasteiger partial charge in [0.1, 0.15) is 30.3 Å². The predicted molar refractivity (Wildman–Crippen MR) is 126 cm³/mol. The lowest BCUT2D eigenvalue weighted by Crippen LogP contribution is -2.10. The molecule has 0 saturated heterocycles. The highest BCUT2D eigenvalue weighted by molar-refractivity contribution is 5.98. The molecule has 0 bridgehead atoms. The van der Waals surface area contributed by atoms with Crippen LogP contribution in [0.3, 0.4) is 0 Å². The van der Waals surface area contributed by atoms with Crippen LogP contribution in [0, 0.1) is 6.57 Å². The summed E-state index contributed by atoms with van der Waals surface area (Å²) >= 11 is 0. The fourth-order valence-corrected chi connectivity index (χ4v) is 3.20. The van der Waals surface area contributed by atoms with E-state index >= 15 is 0 Å². The third kappa shape index (κ3) is 5.57. The maximum Gasteiger partial charge on any atom is 0.344 e. The number of rotatable bonds is 8. The van der Waals surface area contributed by atoms with Gasteiger partial charge in [-0.15, -0.1) is 0 Å². The number of esters is 1. The molecule has 0 atom stereocenters. The van der Waals surface area contributed by atoms with E-state index in [-0.39, 0.29) is 36.0 Å². The second-order valence-electron chi connectivity index (χ2n) is 7.15. The van der Waals surface area contributed by atoms with Gasteiger partial charge in [0.25, 0.3) is 0 Å². The van der Waals surface area contributed by atoms with Crippen molar-refractivity contribution in [3.05, 3.63) is 131 Å². The Hall–Kier alpha value is -4.56. The average molecular weight is 435 g/mol. The van der Waals surface area contributed by atoms with Gasteiger partial charge in [-0.3, -0.25) is 0 Å². The molecule has 4 aromatic carbocycles. The molecular weight excluding hydrogens is 414 g/mol. The van der Waals surface area contributed by atoms with Gasteiger partial charge in [0, 0.05) is 0 Å². The second-order valence-corrected chi connectivity index (χ2v) is 7.15. The minimum Gasteiger partial charge on any atom is -0.488 e. The molecule has 0 aliphatic carbocycles. The van der Waals surface area contributed by atoms with Crippen LogP contribution in [-0.4, -0.2) is 5.97 Å². The Labute approximate surface area is 192 Å². The Morgan fingerprint density at radius 3 is 1.91 bits per heavy atom. The van der Waals surface area contributed by atoms with Crippen molar-refractivity contribution in [3.63, 3.8) is 0 Å². The third-order valence-electron chi connectivity index (χ3n) is 4.84. The van der Waals surface area contributed by atoms with E-state index in [1.807, 2.05) is 78.9 Å². The van der Waals surface area contributed by atoms with Gasteiger partial charge in [-0.1, -0.05) is 78.9 Å². The maximum atomic E-state index is 13.2. The molecule has 0 aromatic heterocycles. The van der Waals surface area contributed by atoms with E-state index in [1.165, 1.54) is 0 Å². The van der Waals surface area contributed by atoms with Gasteiger partial charge in [0.2, 0.25) is 5.69 Å². The maximum absolute atomic E-state index is 13.2. The van der Waals surface area contributed by atoms with Crippen LogP contribution in [0.4, 0.5) is 5.69 Å². The Bertz CT molecular complexity index is 1250. The molecule has 0 spiro atoms. The van der Waals surface area contributed by atoms with E-state index in [1.54, 1.807) is 24.3 Å². The number of para-hydroxylation sites is 1. The standard InChI is InChI=1S/C28H21NO4/c1-29-24-17-18-25(31-19-21-11-5-2-6-12-21)26(27(24)33-23-15-9-4-10-16-23)28(30)32-20-22-13-7-3-8-14-22/h2-18H,19-20H2. The van der Waals surface area contributed by atoms with Crippen molar-refractivity contribution < 1.29 is 19.0 Å². The Balaban J connectivity index is 1.69. The van der Waals surface area contributed by atoms with Gasteiger partial charge < -0.3 is 14.2 Å². The minimum atomic E-state index is -0.627. The zero-order valence-corrected chi connectivity index (χ0v) is 17.8. The summed E-state index contributed by atoms with van der Waals surface area (Å²) < 4.78 is 17.6. The quantitative estimate of drug-likeness (QED) is 0.222. The number of benzene rings is 4. The summed E-state index contributed by atoms with van der Waals surface area (Å²) in [6.45, 7) is 7.92. The van der Waals surface area contributed by atoms with Gasteiger partial charge >= 0.3 is 5.97 Å². The number of hydrogen-bond acceptors (Lipinski definition) is 4. The molecule has 0 saturated carbocycles. The van der Waals surface area contributed by atoms with Crippen molar-refractivity contribution in [2.45, 2.75) is 13.2 Å². The molecule has 162 valence electrons. The highest BCUT2D eigenvalue weighted by atomic mass is 16.5. The van der Waals surface area contributed by atoms with Gasteiger partial charge in [-0.25, -0.2) is 9.64 Å². The molecule has 0 aliphatic rings. The van der Waals surface area contributed by atoms with Crippen molar-refractivity contribution in [1.29, 1.82) is 0 Å². The van der Waals surface area contributed by atoms with E-state index in [2.05, 4.69) is 4.85 Å². The Kier molecular flexibility index (Phi) is 6.99. The predicted octanol–water partition coefficient (Wildman–Crippen LogP) is 6.97. The molecule has 0 radical (unpaired) electrons. The summed E-state index contributed by atoms with van der Waals surface area (Å²) in [5.41, 5.74) is 2.07. The van der Waals surface area contributed by atoms with Crippen molar-refractivity contribution in [2.24, 2.45) is 0 Å². The lowest BCUT2D eigenvalue weighted by Gasteiger charge is -2.17. The zero-order chi connectivity index (χ0) is 22.9. The lowest BCUT2D eigenvalue weighted by molar-refractivity contribution is 0.0464. The SMILES string of the molecule is [C-]#[N+]c1ccc(OCc2ccccc2)c(C(=O)OCc2ccccc2)c1Oc1ccccc1. The first-order chi connectivity index (χ1) is 16.2. The first kappa shape index (κ1) is 21.7. The number of ether oxygens (including phenoxy) is 3. The Morgan fingerprint density at radius 2 is 1.30 bits per heavy atom. The summed E-state index contributed by atoms with van der Waals surface area (Å²) in [4.78, 5) is 16.8. The first-order valence-electron chi connectivity index (χ1n) is 10.4. The molecule has 0 heterocycles. The number of nitrogens with zero attached hydrogens (tertiary/aromatic N) is 1. The molecule has 5 heteroatoms. The van der Waals surface area contributed by atoms with Crippen molar-refractivity contribution in [2.75, 3.05) is 0 Å². The van der Waals surface area contributed by atoms with Crippen LogP contribution in [0.15, 0.2) is 103 Å². The van der Waals surface area contributed by atoms with E-state index in [4.69, 9.17) is 20.8 Å². The highest BCUT2D eigenvalue weighted by Gasteiger charge is 2.25. The average Bonchev–Trinajstić information content (AvgIpc) is 2.88. The van der Waals surface area contributed by atoms with Gasteiger partial charge in [-0.05, 0) is 35.4 Å². The largest absolute Gasteiger partial charge is 0.488 e. The highest BCUT2D eigenvalue weighted by Crippen LogP contribution is 2.41. The van der Waals surface area contributed by atoms with E-state index < -0.39 is 5.97 Å². The fourth-order valence-electron chi connectivity index (χ4n) is 3.20. The summed E-state index contributed by atoms with van der Waals surface area (Å²) in [5.74, 6) is 0.271. The van der Waals surface area contributed by atoms with E-state index in [0.29, 0.717) is 5.75 Å². The van der Waals surface area contributed by atoms with Crippen molar-refractivity contribution in [1.82, 2.24) is 0 Å². The van der Waals surface area contributed by atoms with E-state index in [0.717, 1.165) is 11.1 Å². The van der Waals surface area contributed by atoms with Crippen LogP contribution in [0.2, 0.25) is 0 Å². The lowest BCUT2D eigenvalue weighted by atomic mass is 10.1. The summed E-state index contributed by atoms with van der Waals surface area (Å²) in [6.07, 6.45) is 0. The molecule has 5 nitrogen and oxygen atoms in total. The zero-order valence-electron chi connectivity index (χ0n) is 17.8. The number of hydrogen-bond donors (Lipinski definition) is 0. The Morgan fingerprint density at radius 1 is 0.727 bits per heavy atom. The van der Waals surface area contributed by atoms with Crippen LogP contribution >= 0.6 is 0 Å². The molecule has 0 amide bonds. The molecule has 0 fully saturated rings. The molecule has 4 aromatic rings. The molecule has 4 rings (SSSR count). The van der Waals surface area contributed by atoms with Crippen LogP contribution < -0.4 is 9.47 Å². The minimum absolute atomic E-state index is 0.0826. The summed E-state index contributed by atoms with van der Waals surface area (Å²) in [6, 6.07) is 31.2. The third-order valence-corrected chi connectivity index (χ3v) is 4.84. The topological polar surface area (TPSA) is 49.1 Å². The monoisotopic (exact) mass is 435 g/mol. The van der Waals surface area contributed by atoms with Crippen LogP contribution in [0.25, 0.3) is 4.85 Å². The van der Waals surface area contributed by atoms with Crippen LogP contribution in [-0.2, 0) is 18.0 Å². The van der Waals surface area contributed by atoms with E-state index in [9.17, 15) is 4.79 Å². The van der Waals surface area contributed by atoms with Crippen LogP contribution in [0.5, 0.6) is 17.2 Å². The fraction of sp³-hybridized carbons (Fsp3) is 0.0714. The normalized spacial score (nSPS) is 10.2. The van der Waals surface area contributed by atoms with Crippen LogP contribution in [0.1, 0.15) is 21.5 Å². The first-order valence-corrected chi connectivity index (χ1v) is 10.4. The van der Waals surface area contributed by atoms with Gasteiger partial charge in [0.15, 0.2) is 5.75 Å². The number of carbonyl (C=O) groups excluding carboxylic acids is 1. The summed E-state index contributed by atoms with van der Waals surface area (Å²) in [5, 5.41) is 0. The molecule has 0 unspecified atom stereocenters. The van der Waals surface area contributed by atoms with Crippen molar-refractivity contribution >= 4 is 11.7 Å². The molecular formula is C28H21NO4. The molecule has 0 aliphatic heterocycles. The smallest absolute Gasteiger partial charge is 0.344 e. The molecule has 33 heavy (non-hydrogen) atoms. The van der Waals surface area contributed by atoms with Crippen molar-refractivity contribution in [3.8, 4) is 17.2 Å². The number of carbonyl (C=O) groups is 1. The van der Waals surface area contributed by atoms with Gasteiger partial charge in [0.05, 0.1) is 6.57 Å². The summed E-state index contributed by atoms with van der Waals surface area (Å²) in [7, 11) is 0. The van der Waals surface area contributed by atoms with Gasteiger partial charge in [-0.2, -0.15) is 0 Å². The second kappa shape index (κ2) is 10.7. The molecule has 0 N–H and O–H groups in total.